The fourth-order valence-electron chi connectivity index (χ4n) is 7.87. The standard InChI is InChI=1S/C22H30N4O4S2/c1-31-21-9-5-13-25(21)15(27)19(7-3-11-23(19)17(21)29)20-8-4-12-24(20)18(30)22(32-2)10-6-14-26(22)16(20)28/h3-14H2,1-2H3/t19-,20-,21-,22-/m1/s1. The van der Waals surface area contributed by atoms with Crippen molar-refractivity contribution < 1.29 is 19.2 Å². The molecule has 4 atom stereocenters. The Bertz CT molecular complexity index is 873. The van der Waals surface area contributed by atoms with E-state index in [1.165, 1.54) is 23.5 Å². The van der Waals surface area contributed by atoms with Gasteiger partial charge in [0.25, 0.3) is 23.6 Å². The Balaban J connectivity index is 1.57. The third kappa shape index (κ3) is 1.95. The van der Waals surface area contributed by atoms with E-state index in [2.05, 4.69) is 0 Å². The van der Waals surface area contributed by atoms with Crippen molar-refractivity contribution in [2.45, 2.75) is 72.2 Å². The predicted octanol–water partition coefficient (Wildman–Crippen LogP) is 1.10. The Morgan fingerprint density at radius 2 is 0.875 bits per heavy atom. The van der Waals surface area contributed by atoms with E-state index in [-0.39, 0.29) is 23.6 Å². The van der Waals surface area contributed by atoms with Crippen molar-refractivity contribution in [3.8, 4) is 0 Å². The average Bonchev–Trinajstić information content (AvgIpc) is 3.59. The molecule has 6 saturated heterocycles. The molecule has 6 rings (SSSR count). The van der Waals surface area contributed by atoms with Crippen molar-refractivity contribution >= 4 is 47.2 Å². The van der Waals surface area contributed by atoms with Crippen LogP contribution in [0.25, 0.3) is 0 Å². The number of nitrogens with zero attached hydrogens (tertiary/aromatic N) is 4. The van der Waals surface area contributed by atoms with Crippen molar-refractivity contribution in [1.29, 1.82) is 0 Å². The van der Waals surface area contributed by atoms with Crippen LogP contribution in [-0.2, 0) is 19.2 Å². The largest absolute Gasteiger partial charge is 0.322 e. The minimum atomic E-state index is -1.27. The lowest BCUT2D eigenvalue weighted by Gasteiger charge is -2.62. The zero-order chi connectivity index (χ0) is 22.5. The van der Waals surface area contributed by atoms with Gasteiger partial charge in [0.1, 0.15) is 0 Å². The number of carbonyl (C=O) groups is 4. The van der Waals surface area contributed by atoms with Gasteiger partial charge >= 0.3 is 0 Å². The first-order valence-electron chi connectivity index (χ1n) is 11.8. The molecule has 4 amide bonds. The molecule has 0 aromatic rings. The highest BCUT2D eigenvalue weighted by molar-refractivity contribution is 8.01. The maximum atomic E-state index is 14.5. The number of piperazine rings is 2. The van der Waals surface area contributed by atoms with Crippen LogP contribution in [0.3, 0.4) is 0 Å². The van der Waals surface area contributed by atoms with Gasteiger partial charge in [-0.2, -0.15) is 0 Å². The van der Waals surface area contributed by atoms with Crippen LogP contribution in [-0.4, -0.2) is 103 Å². The molecule has 6 fully saturated rings. The molecule has 32 heavy (non-hydrogen) atoms. The lowest BCUT2D eigenvalue weighted by atomic mass is 9.68. The second kappa shape index (κ2) is 6.58. The molecule has 0 bridgehead atoms. The summed E-state index contributed by atoms with van der Waals surface area (Å²) in [6.07, 6.45) is 8.94. The number of hydrogen-bond acceptors (Lipinski definition) is 6. The number of amides is 4. The van der Waals surface area contributed by atoms with Crippen LogP contribution in [0, 0.1) is 0 Å². The van der Waals surface area contributed by atoms with Crippen LogP contribution < -0.4 is 0 Å². The molecule has 0 spiro atoms. The lowest BCUT2D eigenvalue weighted by Crippen LogP contribution is -2.86. The molecule has 0 N–H and O–H groups in total. The van der Waals surface area contributed by atoms with Gasteiger partial charge in [-0.15, -0.1) is 23.5 Å². The summed E-state index contributed by atoms with van der Waals surface area (Å²) in [7, 11) is 0. The Morgan fingerprint density at radius 3 is 1.25 bits per heavy atom. The molecule has 174 valence electrons. The average molecular weight is 479 g/mol. The minimum absolute atomic E-state index is 0.0378. The SMILES string of the molecule is CS[C@@]12CCCN1C(=O)[C@@]1([C@]34CCCN3C(=O)[C@]3(SC)CCCN3C4=O)CCCN1C2=O. The van der Waals surface area contributed by atoms with Gasteiger partial charge in [0.2, 0.25) is 0 Å². The van der Waals surface area contributed by atoms with Crippen LogP contribution in [0.1, 0.15) is 51.4 Å². The number of fused-ring (bicyclic) bond motifs is 5. The van der Waals surface area contributed by atoms with E-state index in [1.807, 2.05) is 12.5 Å². The maximum Gasteiger partial charge on any atom is 0.260 e. The number of thioether (sulfide) groups is 2. The molecule has 6 aliphatic rings. The first-order chi connectivity index (χ1) is 15.4. The van der Waals surface area contributed by atoms with E-state index in [1.54, 1.807) is 19.6 Å². The Morgan fingerprint density at radius 1 is 0.531 bits per heavy atom. The monoisotopic (exact) mass is 478 g/mol. The first kappa shape index (κ1) is 21.1. The van der Waals surface area contributed by atoms with Gasteiger partial charge in [-0.3, -0.25) is 19.2 Å². The van der Waals surface area contributed by atoms with E-state index in [0.717, 1.165) is 12.8 Å². The zero-order valence-corrected chi connectivity index (χ0v) is 20.4. The van der Waals surface area contributed by atoms with E-state index in [4.69, 9.17) is 0 Å². The summed E-state index contributed by atoms with van der Waals surface area (Å²) in [6, 6.07) is 0. The lowest BCUT2D eigenvalue weighted by molar-refractivity contribution is -0.193. The van der Waals surface area contributed by atoms with Gasteiger partial charge in [-0.1, -0.05) is 0 Å². The third-order valence-electron chi connectivity index (χ3n) is 9.15. The summed E-state index contributed by atoms with van der Waals surface area (Å²) in [5, 5.41) is 0. The highest BCUT2D eigenvalue weighted by Gasteiger charge is 2.80. The quantitative estimate of drug-likeness (QED) is 0.604. The second-order valence-electron chi connectivity index (χ2n) is 9.94. The Kier molecular flexibility index (Phi) is 4.35. The topological polar surface area (TPSA) is 81.2 Å². The molecular formula is C22H30N4O4S2. The summed E-state index contributed by atoms with van der Waals surface area (Å²) in [6.45, 7) is 2.03. The van der Waals surface area contributed by atoms with Crippen molar-refractivity contribution in [2.24, 2.45) is 0 Å². The summed E-state index contributed by atoms with van der Waals surface area (Å²) < 4.78 is 0. The van der Waals surface area contributed by atoms with Crippen LogP contribution in [0.15, 0.2) is 0 Å². The van der Waals surface area contributed by atoms with Crippen molar-refractivity contribution in [2.75, 3.05) is 38.7 Å². The maximum absolute atomic E-state index is 14.5. The first-order valence-corrected chi connectivity index (χ1v) is 14.2. The van der Waals surface area contributed by atoms with Gasteiger partial charge in [0.15, 0.2) is 20.8 Å². The van der Waals surface area contributed by atoms with Gasteiger partial charge in [-0.05, 0) is 63.9 Å². The van der Waals surface area contributed by atoms with E-state index in [9.17, 15) is 19.2 Å². The third-order valence-corrected chi connectivity index (χ3v) is 11.7. The highest BCUT2D eigenvalue weighted by atomic mass is 32.2. The van der Waals surface area contributed by atoms with E-state index in [0.29, 0.717) is 64.7 Å². The molecular weight excluding hydrogens is 448 g/mol. The molecule has 0 radical (unpaired) electrons. The molecule has 0 aromatic heterocycles. The fourth-order valence-corrected chi connectivity index (χ4v) is 9.93. The molecule has 0 aliphatic carbocycles. The highest BCUT2D eigenvalue weighted by Crippen LogP contribution is 2.60. The summed E-state index contributed by atoms with van der Waals surface area (Å²) in [5.74, 6) is -0.288. The van der Waals surface area contributed by atoms with Crippen molar-refractivity contribution in [3.05, 3.63) is 0 Å². The number of carbonyl (C=O) groups excluding carboxylic acids is 4. The summed E-state index contributed by atoms with van der Waals surface area (Å²) in [5.41, 5.74) is -2.55. The molecule has 0 unspecified atom stereocenters. The van der Waals surface area contributed by atoms with Crippen LogP contribution in [0.5, 0.6) is 0 Å². The van der Waals surface area contributed by atoms with Gasteiger partial charge in [0, 0.05) is 26.2 Å². The molecule has 0 saturated carbocycles. The zero-order valence-electron chi connectivity index (χ0n) is 18.7. The fraction of sp³-hybridized carbons (Fsp3) is 0.818. The smallest absolute Gasteiger partial charge is 0.260 e. The molecule has 8 nitrogen and oxygen atoms in total. The van der Waals surface area contributed by atoms with Crippen LogP contribution in [0.4, 0.5) is 0 Å². The number of rotatable bonds is 3. The second-order valence-corrected chi connectivity index (χ2v) is 12.1. The molecule has 0 aromatic carbocycles. The van der Waals surface area contributed by atoms with Crippen molar-refractivity contribution in [3.63, 3.8) is 0 Å². The predicted molar refractivity (Wildman–Crippen MR) is 122 cm³/mol. The van der Waals surface area contributed by atoms with Gasteiger partial charge < -0.3 is 19.6 Å². The number of hydrogen-bond donors (Lipinski definition) is 0. The van der Waals surface area contributed by atoms with Crippen LogP contribution in [0.2, 0.25) is 0 Å². The molecule has 6 aliphatic heterocycles. The summed E-state index contributed by atoms with van der Waals surface area (Å²) >= 11 is 2.89. The van der Waals surface area contributed by atoms with Gasteiger partial charge in [-0.25, -0.2) is 0 Å². The Hall–Kier alpha value is -1.42. The minimum Gasteiger partial charge on any atom is -0.322 e. The summed E-state index contributed by atoms with van der Waals surface area (Å²) in [4.78, 5) is 62.3. The van der Waals surface area contributed by atoms with E-state index >= 15 is 0 Å². The Labute approximate surface area is 196 Å². The van der Waals surface area contributed by atoms with E-state index < -0.39 is 20.8 Å². The molecule has 10 heteroatoms. The van der Waals surface area contributed by atoms with Crippen LogP contribution >= 0.6 is 23.5 Å². The van der Waals surface area contributed by atoms with Gasteiger partial charge in [0.05, 0.1) is 0 Å². The normalized spacial score (nSPS) is 43.2. The molecule has 6 heterocycles. The van der Waals surface area contributed by atoms with Crippen molar-refractivity contribution in [1.82, 2.24) is 19.6 Å².